The maximum absolute atomic E-state index is 13.2. The van der Waals surface area contributed by atoms with Crippen LogP contribution >= 0.6 is 0 Å². The lowest BCUT2D eigenvalue weighted by molar-refractivity contribution is -0.0756. The van der Waals surface area contributed by atoms with Crippen LogP contribution in [0.2, 0.25) is 0 Å². The van der Waals surface area contributed by atoms with E-state index in [1.807, 2.05) is 0 Å². The van der Waals surface area contributed by atoms with Crippen molar-refractivity contribution in [2.75, 3.05) is 26.0 Å². The standard InChI is InChI=1S/C13H19FN2O2/c1-4-5-8-15-12-9-10(14)6-7-11(12)13(17)16(2)18-3/h6-7,9,15H,4-5,8H2,1-3H3. The van der Waals surface area contributed by atoms with Gasteiger partial charge in [-0.3, -0.25) is 9.63 Å². The van der Waals surface area contributed by atoms with Gasteiger partial charge in [-0.25, -0.2) is 9.45 Å². The Morgan fingerprint density at radius 1 is 1.50 bits per heavy atom. The lowest BCUT2D eigenvalue weighted by Crippen LogP contribution is -2.26. The van der Waals surface area contributed by atoms with E-state index in [4.69, 9.17) is 4.84 Å². The lowest BCUT2D eigenvalue weighted by atomic mass is 10.1. The Kier molecular flexibility index (Phi) is 5.58. The molecule has 0 aromatic heterocycles. The molecule has 1 aromatic rings. The Labute approximate surface area is 107 Å². The molecule has 1 amide bonds. The highest BCUT2D eigenvalue weighted by molar-refractivity contribution is 5.98. The quantitative estimate of drug-likeness (QED) is 0.627. The number of carbonyl (C=O) groups is 1. The van der Waals surface area contributed by atoms with Crippen LogP contribution in [-0.2, 0) is 4.84 Å². The highest BCUT2D eigenvalue weighted by Gasteiger charge is 2.16. The third-order valence-electron chi connectivity index (χ3n) is 2.62. The second kappa shape index (κ2) is 6.96. The molecule has 0 bridgehead atoms. The molecule has 0 radical (unpaired) electrons. The molecule has 0 aliphatic carbocycles. The highest BCUT2D eigenvalue weighted by Crippen LogP contribution is 2.19. The maximum atomic E-state index is 13.2. The number of nitrogens with one attached hydrogen (secondary N) is 1. The van der Waals surface area contributed by atoms with Crippen molar-refractivity contribution < 1.29 is 14.0 Å². The maximum Gasteiger partial charge on any atom is 0.279 e. The van der Waals surface area contributed by atoms with E-state index in [-0.39, 0.29) is 11.7 Å². The molecule has 0 aliphatic rings. The number of nitrogens with zero attached hydrogens (tertiary/aromatic N) is 1. The van der Waals surface area contributed by atoms with Crippen LogP contribution < -0.4 is 5.32 Å². The number of hydrogen-bond acceptors (Lipinski definition) is 3. The first-order valence-corrected chi connectivity index (χ1v) is 5.95. The van der Waals surface area contributed by atoms with Crippen LogP contribution in [0.1, 0.15) is 30.1 Å². The van der Waals surface area contributed by atoms with Crippen molar-refractivity contribution in [3.63, 3.8) is 0 Å². The summed E-state index contributed by atoms with van der Waals surface area (Å²) in [5, 5.41) is 4.18. The normalized spacial score (nSPS) is 10.2. The fraction of sp³-hybridized carbons (Fsp3) is 0.462. The highest BCUT2D eigenvalue weighted by atomic mass is 19.1. The Morgan fingerprint density at radius 2 is 2.22 bits per heavy atom. The van der Waals surface area contributed by atoms with Crippen molar-refractivity contribution in [2.24, 2.45) is 0 Å². The monoisotopic (exact) mass is 254 g/mol. The predicted octanol–water partition coefficient (Wildman–Crippen LogP) is 2.67. The van der Waals surface area contributed by atoms with Gasteiger partial charge in [0.05, 0.1) is 12.7 Å². The third kappa shape index (κ3) is 3.70. The largest absolute Gasteiger partial charge is 0.384 e. The number of halogens is 1. The van der Waals surface area contributed by atoms with Crippen LogP contribution in [-0.4, -0.2) is 31.7 Å². The summed E-state index contributed by atoms with van der Waals surface area (Å²) in [5.74, 6) is -0.679. The van der Waals surface area contributed by atoms with Gasteiger partial charge in [0.15, 0.2) is 0 Å². The van der Waals surface area contributed by atoms with Gasteiger partial charge in [-0.2, -0.15) is 0 Å². The number of carbonyl (C=O) groups excluding carboxylic acids is 1. The van der Waals surface area contributed by atoms with E-state index in [1.54, 1.807) is 0 Å². The Bertz CT molecular complexity index is 410. The molecule has 1 aromatic carbocycles. The number of amides is 1. The summed E-state index contributed by atoms with van der Waals surface area (Å²) in [6.45, 7) is 2.77. The number of anilines is 1. The molecule has 0 spiro atoms. The molecular formula is C13H19FN2O2. The molecule has 100 valence electrons. The van der Waals surface area contributed by atoms with Crippen molar-refractivity contribution in [3.05, 3.63) is 29.6 Å². The van der Waals surface area contributed by atoms with Crippen LogP contribution in [0.25, 0.3) is 0 Å². The zero-order valence-corrected chi connectivity index (χ0v) is 11.0. The number of hydrogen-bond donors (Lipinski definition) is 1. The van der Waals surface area contributed by atoms with E-state index in [2.05, 4.69) is 12.2 Å². The minimum absolute atomic E-state index is 0.309. The fourth-order valence-electron chi connectivity index (χ4n) is 1.50. The first-order chi connectivity index (χ1) is 8.60. The van der Waals surface area contributed by atoms with Gasteiger partial charge in [0.2, 0.25) is 0 Å². The molecule has 0 saturated carbocycles. The number of benzene rings is 1. The van der Waals surface area contributed by atoms with Crippen LogP contribution in [0.4, 0.5) is 10.1 Å². The summed E-state index contributed by atoms with van der Waals surface area (Å²) in [4.78, 5) is 16.8. The molecule has 0 heterocycles. The van der Waals surface area contributed by atoms with Gasteiger partial charge in [-0.05, 0) is 24.6 Å². The fourth-order valence-corrected chi connectivity index (χ4v) is 1.50. The van der Waals surface area contributed by atoms with Gasteiger partial charge < -0.3 is 5.32 Å². The van der Waals surface area contributed by atoms with Crippen LogP contribution in [0.15, 0.2) is 18.2 Å². The predicted molar refractivity (Wildman–Crippen MR) is 68.9 cm³/mol. The third-order valence-corrected chi connectivity index (χ3v) is 2.62. The molecule has 0 aliphatic heterocycles. The lowest BCUT2D eigenvalue weighted by Gasteiger charge is -2.17. The summed E-state index contributed by atoms with van der Waals surface area (Å²) in [6.07, 6.45) is 1.99. The second-order valence-electron chi connectivity index (χ2n) is 3.96. The van der Waals surface area contributed by atoms with E-state index < -0.39 is 0 Å². The molecule has 0 saturated heterocycles. The van der Waals surface area contributed by atoms with E-state index in [0.717, 1.165) is 17.9 Å². The Morgan fingerprint density at radius 3 is 2.83 bits per heavy atom. The van der Waals surface area contributed by atoms with Crippen molar-refractivity contribution >= 4 is 11.6 Å². The van der Waals surface area contributed by atoms with Crippen molar-refractivity contribution in [2.45, 2.75) is 19.8 Å². The minimum atomic E-state index is -0.370. The average Bonchev–Trinajstić information content (AvgIpc) is 2.37. The summed E-state index contributed by atoms with van der Waals surface area (Å²) < 4.78 is 13.2. The summed E-state index contributed by atoms with van der Waals surface area (Å²) in [6, 6.07) is 4.05. The molecular weight excluding hydrogens is 235 g/mol. The van der Waals surface area contributed by atoms with Gasteiger partial charge >= 0.3 is 0 Å². The smallest absolute Gasteiger partial charge is 0.279 e. The molecule has 1 N–H and O–H groups in total. The SMILES string of the molecule is CCCCNc1cc(F)ccc1C(=O)N(C)OC. The summed E-state index contributed by atoms with van der Waals surface area (Å²) >= 11 is 0. The first kappa shape index (κ1) is 14.4. The summed E-state index contributed by atoms with van der Waals surface area (Å²) in [5.41, 5.74) is 0.897. The van der Waals surface area contributed by atoms with E-state index >= 15 is 0 Å². The van der Waals surface area contributed by atoms with Crippen LogP contribution in [0.5, 0.6) is 0 Å². The van der Waals surface area contributed by atoms with Gasteiger partial charge in [-0.1, -0.05) is 13.3 Å². The molecule has 18 heavy (non-hydrogen) atoms. The molecule has 4 nitrogen and oxygen atoms in total. The Hall–Kier alpha value is -1.62. The van der Waals surface area contributed by atoms with Gasteiger partial charge in [-0.15, -0.1) is 0 Å². The number of unbranched alkanes of at least 4 members (excludes halogenated alkanes) is 1. The van der Waals surface area contributed by atoms with Crippen molar-refractivity contribution in [3.8, 4) is 0 Å². The first-order valence-electron chi connectivity index (χ1n) is 5.95. The van der Waals surface area contributed by atoms with Gasteiger partial charge in [0, 0.05) is 19.3 Å². The Balaban J connectivity index is 2.92. The zero-order valence-electron chi connectivity index (χ0n) is 11.0. The summed E-state index contributed by atoms with van der Waals surface area (Å²) in [7, 11) is 2.92. The van der Waals surface area contributed by atoms with Crippen LogP contribution in [0.3, 0.4) is 0 Å². The topological polar surface area (TPSA) is 41.6 Å². The zero-order chi connectivity index (χ0) is 13.5. The molecule has 0 unspecified atom stereocenters. The van der Waals surface area contributed by atoms with Crippen molar-refractivity contribution in [1.82, 2.24) is 5.06 Å². The molecule has 0 atom stereocenters. The number of rotatable bonds is 6. The van der Waals surface area contributed by atoms with Gasteiger partial charge in [0.1, 0.15) is 5.82 Å². The minimum Gasteiger partial charge on any atom is -0.384 e. The number of hydroxylamine groups is 2. The molecule has 5 heteroatoms. The molecule has 1 rings (SSSR count). The van der Waals surface area contributed by atoms with E-state index in [9.17, 15) is 9.18 Å². The molecule has 0 fully saturated rings. The van der Waals surface area contributed by atoms with Crippen molar-refractivity contribution in [1.29, 1.82) is 0 Å². The van der Waals surface area contributed by atoms with E-state index in [1.165, 1.54) is 32.4 Å². The van der Waals surface area contributed by atoms with Gasteiger partial charge in [0.25, 0.3) is 5.91 Å². The second-order valence-corrected chi connectivity index (χ2v) is 3.96. The average molecular weight is 254 g/mol. The van der Waals surface area contributed by atoms with E-state index in [0.29, 0.717) is 17.8 Å². The van der Waals surface area contributed by atoms with Crippen LogP contribution in [0, 0.1) is 5.82 Å².